The second kappa shape index (κ2) is 8.44. The molecular formula is C17H22ClN3O2S. The van der Waals surface area contributed by atoms with Gasteiger partial charge >= 0.3 is 6.03 Å². The molecule has 0 fully saturated rings. The number of halogens is 1. The van der Waals surface area contributed by atoms with E-state index in [0.29, 0.717) is 23.1 Å². The van der Waals surface area contributed by atoms with Crippen molar-refractivity contribution in [3.63, 3.8) is 0 Å². The maximum atomic E-state index is 12.5. The van der Waals surface area contributed by atoms with Crippen LogP contribution in [-0.2, 0) is 0 Å². The largest absolute Gasteiger partial charge is 0.496 e. The summed E-state index contributed by atoms with van der Waals surface area (Å²) in [5.41, 5.74) is 1.07. The molecule has 24 heavy (non-hydrogen) atoms. The Morgan fingerprint density at radius 3 is 2.79 bits per heavy atom. The summed E-state index contributed by atoms with van der Waals surface area (Å²) >= 11 is 7.70. The fraction of sp³-hybridized carbons (Fsp3) is 0.412. The van der Waals surface area contributed by atoms with Gasteiger partial charge in [-0.3, -0.25) is 0 Å². The van der Waals surface area contributed by atoms with E-state index in [1.807, 2.05) is 39.0 Å². The summed E-state index contributed by atoms with van der Waals surface area (Å²) in [5.74, 6) is 0.762. The minimum absolute atomic E-state index is 0.162. The molecular weight excluding hydrogens is 346 g/mol. The number of hydrogen-bond donors (Lipinski definition) is 0. The zero-order valence-corrected chi connectivity index (χ0v) is 15.9. The second-order valence-electron chi connectivity index (χ2n) is 5.30. The first-order valence-electron chi connectivity index (χ1n) is 7.87. The molecule has 0 unspecified atom stereocenters. The predicted octanol–water partition coefficient (Wildman–Crippen LogP) is 4.70. The molecule has 1 amide bonds. The Morgan fingerprint density at radius 1 is 1.42 bits per heavy atom. The molecule has 2 rings (SSSR count). The first-order chi connectivity index (χ1) is 11.5. The number of benzene rings is 1. The topological polar surface area (TPSA) is 47.4 Å². The molecule has 0 spiro atoms. The van der Waals surface area contributed by atoms with Crippen molar-refractivity contribution in [2.45, 2.75) is 37.1 Å². The molecule has 0 aliphatic heterocycles. The molecule has 0 saturated carbocycles. The average molecular weight is 368 g/mol. The number of amides is 1. The molecule has 0 N–H and O–H groups in total. The number of hydrogen-bond acceptors (Lipinski definition) is 4. The van der Waals surface area contributed by atoms with Crippen LogP contribution in [0.5, 0.6) is 5.75 Å². The number of methoxy groups -OCH3 is 1. The van der Waals surface area contributed by atoms with Crippen molar-refractivity contribution in [1.29, 1.82) is 0 Å². The van der Waals surface area contributed by atoms with Crippen LogP contribution in [0.1, 0.15) is 25.8 Å². The van der Waals surface area contributed by atoms with Gasteiger partial charge < -0.3 is 9.64 Å². The minimum atomic E-state index is -0.162. The summed E-state index contributed by atoms with van der Waals surface area (Å²) in [5, 5.41) is 5.41. The lowest BCUT2D eigenvalue weighted by atomic mass is 10.2. The summed E-state index contributed by atoms with van der Waals surface area (Å²) in [4.78, 5) is 15.2. The Kier molecular flexibility index (Phi) is 6.57. The van der Waals surface area contributed by atoms with Gasteiger partial charge in [-0.05, 0) is 31.9 Å². The Balaban J connectivity index is 2.28. The smallest absolute Gasteiger partial charge is 0.344 e. The van der Waals surface area contributed by atoms with E-state index in [4.69, 9.17) is 16.3 Å². The highest BCUT2D eigenvalue weighted by Crippen LogP contribution is 2.39. The van der Waals surface area contributed by atoms with E-state index in [2.05, 4.69) is 5.10 Å². The summed E-state index contributed by atoms with van der Waals surface area (Å²) in [6.45, 7) is 7.32. The van der Waals surface area contributed by atoms with E-state index < -0.39 is 0 Å². The monoisotopic (exact) mass is 367 g/mol. The van der Waals surface area contributed by atoms with Crippen molar-refractivity contribution in [3.05, 3.63) is 35.0 Å². The Labute approximate surface area is 151 Å². The van der Waals surface area contributed by atoms with Gasteiger partial charge in [0.05, 0.1) is 23.2 Å². The van der Waals surface area contributed by atoms with Gasteiger partial charge in [0.2, 0.25) is 0 Å². The van der Waals surface area contributed by atoms with Gasteiger partial charge in [-0.1, -0.05) is 42.4 Å². The number of rotatable bonds is 6. The van der Waals surface area contributed by atoms with E-state index in [1.165, 1.54) is 16.4 Å². The second-order valence-corrected chi connectivity index (χ2v) is 6.70. The van der Waals surface area contributed by atoms with Gasteiger partial charge in [0.15, 0.2) is 0 Å². The molecule has 130 valence electrons. The fourth-order valence-electron chi connectivity index (χ4n) is 2.32. The molecule has 0 aliphatic rings. The molecule has 2 aromatic rings. The highest BCUT2D eigenvalue weighted by Gasteiger charge is 2.19. The highest BCUT2D eigenvalue weighted by molar-refractivity contribution is 7.99. The van der Waals surface area contributed by atoms with Crippen LogP contribution >= 0.6 is 23.4 Å². The Hall–Kier alpha value is -1.66. The van der Waals surface area contributed by atoms with Gasteiger partial charge in [0.25, 0.3) is 0 Å². The minimum Gasteiger partial charge on any atom is -0.496 e. The molecule has 7 heteroatoms. The zero-order valence-electron chi connectivity index (χ0n) is 14.4. The van der Waals surface area contributed by atoms with E-state index in [-0.39, 0.29) is 6.03 Å². The number of aromatic nitrogens is 2. The van der Waals surface area contributed by atoms with Crippen LogP contribution in [-0.4, -0.2) is 40.9 Å². The van der Waals surface area contributed by atoms with Crippen LogP contribution in [0.15, 0.2) is 34.3 Å². The van der Waals surface area contributed by atoms with E-state index in [0.717, 1.165) is 22.6 Å². The Morgan fingerprint density at radius 2 is 2.17 bits per heavy atom. The van der Waals surface area contributed by atoms with Gasteiger partial charge in [0.1, 0.15) is 10.8 Å². The predicted molar refractivity (Wildman–Crippen MR) is 97.4 cm³/mol. The third-order valence-corrected chi connectivity index (χ3v) is 5.19. The molecule has 0 radical (unpaired) electrons. The van der Waals surface area contributed by atoms with Crippen LogP contribution in [0, 0.1) is 6.92 Å². The van der Waals surface area contributed by atoms with Gasteiger partial charge in [-0.2, -0.15) is 9.78 Å². The van der Waals surface area contributed by atoms with Crippen molar-refractivity contribution >= 4 is 29.4 Å². The first kappa shape index (κ1) is 18.7. The first-order valence-corrected chi connectivity index (χ1v) is 9.07. The lowest BCUT2D eigenvalue weighted by Gasteiger charge is -2.19. The summed E-state index contributed by atoms with van der Waals surface area (Å²) in [7, 11) is 1.63. The van der Waals surface area contributed by atoms with Crippen LogP contribution in [0.2, 0.25) is 5.02 Å². The Bertz CT molecular complexity index is 718. The highest BCUT2D eigenvalue weighted by atomic mass is 35.5. The lowest BCUT2D eigenvalue weighted by Crippen LogP contribution is -2.35. The number of carbonyl (C=O) groups excluding carboxylic acids is 1. The molecule has 1 aromatic carbocycles. The molecule has 0 aliphatic carbocycles. The van der Waals surface area contributed by atoms with Crippen LogP contribution in [0.4, 0.5) is 4.79 Å². The average Bonchev–Trinajstić information content (AvgIpc) is 2.94. The number of carbonyl (C=O) groups is 1. The number of nitrogens with zero attached hydrogens (tertiary/aromatic N) is 3. The van der Waals surface area contributed by atoms with E-state index >= 15 is 0 Å². The zero-order chi connectivity index (χ0) is 17.7. The van der Waals surface area contributed by atoms with Gasteiger partial charge in [-0.15, -0.1) is 0 Å². The van der Waals surface area contributed by atoms with Crippen LogP contribution < -0.4 is 4.74 Å². The fourth-order valence-corrected chi connectivity index (χ4v) is 3.52. The SMILES string of the molecule is CCCN(CC)C(=O)n1cc(Cl)c(Sc2c(C)cccc2OC)n1. The van der Waals surface area contributed by atoms with Crippen molar-refractivity contribution in [3.8, 4) is 5.75 Å². The van der Waals surface area contributed by atoms with Crippen molar-refractivity contribution < 1.29 is 9.53 Å². The molecule has 0 bridgehead atoms. The summed E-state index contributed by atoms with van der Waals surface area (Å²) in [6, 6.07) is 5.67. The number of ether oxygens (including phenoxy) is 1. The maximum absolute atomic E-state index is 12.5. The van der Waals surface area contributed by atoms with Gasteiger partial charge in [0, 0.05) is 13.1 Å². The third-order valence-electron chi connectivity index (χ3n) is 3.57. The quantitative estimate of drug-likeness (QED) is 0.742. The maximum Gasteiger partial charge on any atom is 0.344 e. The summed E-state index contributed by atoms with van der Waals surface area (Å²) < 4.78 is 6.72. The van der Waals surface area contributed by atoms with E-state index in [1.54, 1.807) is 18.2 Å². The molecule has 0 saturated heterocycles. The number of aryl methyl sites for hydroxylation is 1. The third kappa shape index (κ3) is 4.05. The standard InChI is InChI=1S/C17H22ClN3O2S/c1-5-10-20(6-2)17(22)21-11-13(18)16(19-21)24-15-12(3)8-7-9-14(15)23-4/h7-9,11H,5-6,10H2,1-4H3. The van der Waals surface area contributed by atoms with Crippen molar-refractivity contribution in [2.24, 2.45) is 0 Å². The molecule has 5 nitrogen and oxygen atoms in total. The van der Waals surface area contributed by atoms with Crippen molar-refractivity contribution in [1.82, 2.24) is 14.7 Å². The molecule has 0 atom stereocenters. The summed E-state index contributed by atoms with van der Waals surface area (Å²) in [6.07, 6.45) is 2.46. The van der Waals surface area contributed by atoms with Crippen LogP contribution in [0.25, 0.3) is 0 Å². The molecule has 1 aromatic heterocycles. The van der Waals surface area contributed by atoms with Crippen molar-refractivity contribution in [2.75, 3.05) is 20.2 Å². The van der Waals surface area contributed by atoms with E-state index in [9.17, 15) is 4.79 Å². The normalized spacial score (nSPS) is 10.7. The van der Waals surface area contributed by atoms with Gasteiger partial charge in [-0.25, -0.2) is 4.79 Å². The lowest BCUT2D eigenvalue weighted by molar-refractivity contribution is 0.198. The van der Waals surface area contributed by atoms with Crippen LogP contribution in [0.3, 0.4) is 0 Å². The molecule has 1 heterocycles.